The van der Waals surface area contributed by atoms with Crippen molar-refractivity contribution >= 4 is 5.95 Å². The summed E-state index contributed by atoms with van der Waals surface area (Å²) in [5.41, 5.74) is 4.70. The van der Waals surface area contributed by atoms with Gasteiger partial charge in [0.05, 0.1) is 0 Å². The summed E-state index contributed by atoms with van der Waals surface area (Å²) >= 11 is 0. The van der Waals surface area contributed by atoms with Crippen molar-refractivity contribution in [3.05, 3.63) is 78.1 Å². The number of piperidine rings is 1. The molecular formula is C24H29N5. The van der Waals surface area contributed by atoms with E-state index < -0.39 is 0 Å². The predicted molar refractivity (Wildman–Crippen MR) is 119 cm³/mol. The number of aromatic nitrogens is 2. The summed E-state index contributed by atoms with van der Waals surface area (Å²) in [6.45, 7) is 3.98. The molecule has 0 unspecified atom stereocenters. The van der Waals surface area contributed by atoms with Crippen LogP contribution in [0.1, 0.15) is 24.0 Å². The number of anilines is 1. The van der Waals surface area contributed by atoms with E-state index in [1.165, 1.54) is 37.1 Å². The molecule has 0 aliphatic carbocycles. The second-order valence-corrected chi connectivity index (χ2v) is 7.79. The van der Waals surface area contributed by atoms with Crippen LogP contribution in [-0.4, -0.2) is 41.0 Å². The molecule has 4 rings (SSSR count). The molecule has 5 nitrogen and oxygen atoms in total. The molecule has 0 amide bonds. The van der Waals surface area contributed by atoms with Crippen LogP contribution >= 0.6 is 0 Å². The van der Waals surface area contributed by atoms with Gasteiger partial charge in [0.15, 0.2) is 0 Å². The first kappa shape index (κ1) is 19.6. The Labute approximate surface area is 173 Å². The van der Waals surface area contributed by atoms with Crippen LogP contribution < -0.4 is 10.6 Å². The smallest absolute Gasteiger partial charge is 0.222 e. The number of rotatable bonds is 7. The lowest BCUT2D eigenvalue weighted by atomic mass is 10.0. The van der Waals surface area contributed by atoms with Gasteiger partial charge < -0.3 is 15.5 Å². The third kappa shape index (κ3) is 5.62. The zero-order valence-electron chi connectivity index (χ0n) is 17.0. The van der Waals surface area contributed by atoms with Crippen molar-refractivity contribution in [2.75, 3.05) is 25.5 Å². The summed E-state index contributed by atoms with van der Waals surface area (Å²) in [6, 6.07) is 19.5. The highest BCUT2D eigenvalue weighted by Crippen LogP contribution is 2.20. The molecule has 0 bridgehead atoms. The van der Waals surface area contributed by atoms with Crippen molar-refractivity contribution in [1.29, 1.82) is 0 Å². The zero-order chi connectivity index (χ0) is 19.9. The monoisotopic (exact) mass is 387 g/mol. The molecule has 1 saturated heterocycles. The van der Waals surface area contributed by atoms with E-state index in [0.717, 1.165) is 24.2 Å². The molecule has 0 spiro atoms. The number of hydrogen-bond acceptors (Lipinski definition) is 5. The highest BCUT2D eigenvalue weighted by Gasteiger charge is 2.15. The van der Waals surface area contributed by atoms with E-state index in [4.69, 9.17) is 0 Å². The van der Waals surface area contributed by atoms with Crippen LogP contribution in [0.3, 0.4) is 0 Å². The molecule has 2 heterocycles. The topological polar surface area (TPSA) is 53.1 Å². The average Bonchev–Trinajstić information content (AvgIpc) is 2.79. The summed E-state index contributed by atoms with van der Waals surface area (Å²) < 4.78 is 0. The molecule has 150 valence electrons. The van der Waals surface area contributed by atoms with Gasteiger partial charge in [0, 0.05) is 37.1 Å². The highest BCUT2D eigenvalue weighted by molar-refractivity contribution is 5.62. The fourth-order valence-electron chi connectivity index (χ4n) is 3.68. The minimum absolute atomic E-state index is 0.619. The molecule has 1 aliphatic heterocycles. The fourth-order valence-corrected chi connectivity index (χ4v) is 3.68. The lowest BCUT2D eigenvalue weighted by molar-refractivity contribution is 0.234. The molecule has 1 aromatic heterocycles. The number of likely N-dealkylation sites (tertiary alicyclic amines) is 1. The van der Waals surface area contributed by atoms with E-state index in [1.54, 1.807) is 0 Å². The standard InChI is InChI=1S/C24H29N5/c1-29-12-10-23(11-13-29)25-16-20-8-5-9-21(14-20)22-17-27-24(28-18-22)26-15-19-6-3-2-4-7-19/h2-9,14,17-18,23,25H,10-13,15-16H2,1H3,(H,26,27,28). The highest BCUT2D eigenvalue weighted by atomic mass is 15.1. The minimum Gasteiger partial charge on any atom is -0.350 e. The van der Waals surface area contributed by atoms with Crippen molar-refractivity contribution in [3.8, 4) is 11.1 Å². The first-order valence-electron chi connectivity index (χ1n) is 10.4. The Hall–Kier alpha value is -2.76. The summed E-state index contributed by atoms with van der Waals surface area (Å²) in [7, 11) is 2.20. The lowest BCUT2D eigenvalue weighted by Crippen LogP contribution is -2.40. The van der Waals surface area contributed by atoms with E-state index in [0.29, 0.717) is 12.0 Å². The van der Waals surface area contributed by atoms with Crippen LogP contribution in [0.5, 0.6) is 0 Å². The van der Waals surface area contributed by atoms with Crippen molar-refractivity contribution < 1.29 is 0 Å². The third-order valence-corrected chi connectivity index (χ3v) is 5.52. The largest absolute Gasteiger partial charge is 0.350 e. The minimum atomic E-state index is 0.619. The second kappa shape index (κ2) is 9.63. The first-order valence-corrected chi connectivity index (χ1v) is 10.4. The molecule has 0 radical (unpaired) electrons. The van der Waals surface area contributed by atoms with E-state index >= 15 is 0 Å². The SMILES string of the molecule is CN1CCC(NCc2cccc(-c3cnc(NCc4ccccc4)nc3)c2)CC1. The lowest BCUT2D eigenvalue weighted by Gasteiger charge is -2.29. The molecular weight excluding hydrogens is 358 g/mol. The van der Waals surface area contributed by atoms with Gasteiger partial charge in [-0.3, -0.25) is 0 Å². The van der Waals surface area contributed by atoms with Crippen LogP contribution in [0.4, 0.5) is 5.95 Å². The Morgan fingerprint density at radius 2 is 1.59 bits per heavy atom. The van der Waals surface area contributed by atoms with Crippen LogP contribution in [0.25, 0.3) is 11.1 Å². The van der Waals surface area contributed by atoms with Crippen molar-refractivity contribution in [2.24, 2.45) is 0 Å². The van der Waals surface area contributed by atoms with E-state index in [-0.39, 0.29) is 0 Å². The van der Waals surface area contributed by atoms with Gasteiger partial charge in [0.1, 0.15) is 0 Å². The Balaban J connectivity index is 1.34. The molecule has 2 aromatic carbocycles. The van der Waals surface area contributed by atoms with Crippen molar-refractivity contribution in [1.82, 2.24) is 20.2 Å². The van der Waals surface area contributed by atoms with Gasteiger partial charge in [-0.1, -0.05) is 48.5 Å². The predicted octanol–water partition coefficient (Wildman–Crippen LogP) is 3.94. The molecule has 1 aliphatic rings. The third-order valence-electron chi connectivity index (χ3n) is 5.52. The summed E-state index contributed by atoms with van der Waals surface area (Å²) in [6.07, 6.45) is 6.23. The molecule has 2 N–H and O–H groups in total. The van der Waals surface area contributed by atoms with Crippen LogP contribution in [0.2, 0.25) is 0 Å². The molecule has 0 saturated carbocycles. The number of benzene rings is 2. The van der Waals surface area contributed by atoms with E-state index in [2.05, 4.69) is 68.9 Å². The van der Waals surface area contributed by atoms with E-state index in [9.17, 15) is 0 Å². The van der Waals surface area contributed by atoms with Crippen LogP contribution in [0.15, 0.2) is 67.0 Å². The van der Waals surface area contributed by atoms with Crippen molar-refractivity contribution in [3.63, 3.8) is 0 Å². The van der Waals surface area contributed by atoms with Crippen LogP contribution in [0, 0.1) is 0 Å². The normalized spacial score (nSPS) is 15.3. The van der Waals surface area contributed by atoms with Gasteiger partial charge in [-0.2, -0.15) is 0 Å². The second-order valence-electron chi connectivity index (χ2n) is 7.79. The quantitative estimate of drug-likeness (QED) is 0.643. The van der Waals surface area contributed by atoms with Gasteiger partial charge in [-0.05, 0) is 55.7 Å². The molecule has 3 aromatic rings. The van der Waals surface area contributed by atoms with Crippen molar-refractivity contribution in [2.45, 2.75) is 32.0 Å². The van der Waals surface area contributed by atoms with Gasteiger partial charge >= 0.3 is 0 Å². The van der Waals surface area contributed by atoms with Gasteiger partial charge in [-0.25, -0.2) is 9.97 Å². The van der Waals surface area contributed by atoms with Gasteiger partial charge in [0.2, 0.25) is 5.95 Å². The number of nitrogens with one attached hydrogen (secondary N) is 2. The summed E-state index contributed by atoms with van der Waals surface area (Å²) in [4.78, 5) is 11.4. The maximum Gasteiger partial charge on any atom is 0.222 e. The Kier molecular flexibility index (Phi) is 6.49. The summed E-state index contributed by atoms with van der Waals surface area (Å²) in [5, 5.41) is 6.99. The van der Waals surface area contributed by atoms with Gasteiger partial charge in [0.25, 0.3) is 0 Å². The molecule has 0 atom stereocenters. The molecule has 29 heavy (non-hydrogen) atoms. The fraction of sp³-hybridized carbons (Fsp3) is 0.333. The molecule has 5 heteroatoms. The molecule has 1 fully saturated rings. The maximum atomic E-state index is 4.48. The van der Waals surface area contributed by atoms with Gasteiger partial charge in [-0.15, -0.1) is 0 Å². The van der Waals surface area contributed by atoms with Crippen LogP contribution in [-0.2, 0) is 13.1 Å². The Morgan fingerprint density at radius 3 is 2.34 bits per heavy atom. The number of nitrogens with zero attached hydrogens (tertiary/aromatic N) is 3. The number of hydrogen-bond donors (Lipinski definition) is 2. The van der Waals surface area contributed by atoms with E-state index in [1.807, 2.05) is 30.6 Å². The zero-order valence-corrected chi connectivity index (χ0v) is 17.0. The Morgan fingerprint density at radius 1 is 0.862 bits per heavy atom. The average molecular weight is 388 g/mol. The summed E-state index contributed by atoms with van der Waals surface area (Å²) in [5.74, 6) is 0.651. The Bertz CT molecular complexity index is 887. The maximum absolute atomic E-state index is 4.48. The first-order chi connectivity index (χ1) is 14.3.